The van der Waals surface area contributed by atoms with Gasteiger partial charge < -0.3 is 29.7 Å². The summed E-state index contributed by atoms with van der Waals surface area (Å²) in [7, 11) is 1.43. The minimum absolute atomic E-state index is 0.0462. The van der Waals surface area contributed by atoms with Crippen LogP contribution in [0.5, 0.6) is 5.06 Å². The largest absolute Gasteiger partial charge is 0.414 e. The van der Waals surface area contributed by atoms with E-state index in [4.69, 9.17) is 20.6 Å². The average molecular weight is 472 g/mol. The number of terminal acetylenes is 1. The summed E-state index contributed by atoms with van der Waals surface area (Å²) in [5, 5.41) is 5.66. The number of benzene rings is 1. The Bertz CT molecular complexity index is 1090. The minimum atomic E-state index is -1.41. The Balaban J connectivity index is 1.69. The van der Waals surface area contributed by atoms with Gasteiger partial charge in [0.15, 0.2) is 5.06 Å². The predicted molar refractivity (Wildman–Crippen MR) is 125 cm³/mol. The van der Waals surface area contributed by atoms with E-state index in [-0.39, 0.29) is 19.1 Å². The molecule has 10 heteroatoms. The van der Waals surface area contributed by atoms with Gasteiger partial charge in [-0.15, -0.1) is 6.42 Å². The van der Waals surface area contributed by atoms with Crippen molar-refractivity contribution < 1.29 is 28.6 Å². The fraction of sp³-hybridized carbons (Fsp3) is 0.348. The molecule has 1 aromatic heterocycles. The van der Waals surface area contributed by atoms with E-state index in [0.717, 1.165) is 22.6 Å². The summed E-state index contributed by atoms with van der Waals surface area (Å²) < 4.78 is 15.6. The highest BCUT2D eigenvalue weighted by Gasteiger charge is 2.36. The maximum absolute atomic E-state index is 13.0. The second-order valence-corrected chi connectivity index (χ2v) is 8.64. The monoisotopic (exact) mass is 471 g/mol. The smallest absolute Gasteiger partial charge is 0.399 e. The molecule has 0 bridgehead atoms. The van der Waals surface area contributed by atoms with Crippen molar-refractivity contribution in [1.82, 2.24) is 5.32 Å². The molecule has 0 saturated carbocycles. The molecule has 1 fully saturated rings. The van der Waals surface area contributed by atoms with E-state index in [0.29, 0.717) is 28.8 Å². The zero-order valence-electron chi connectivity index (χ0n) is 18.6. The number of methoxy groups -OCH3 is 1. The first-order valence-electron chi connectivity index (χ1n) is 10.1. The highest BCUT2D eigenvalue weighted by Crippen LogP contribution is 2.26. The molecule has 3 amide bonds. The molecule has 1 atom stereocenters. The normalized spacial score (nSPS) is 15.3. The lowest BCUT2D eigenvalue weighted by atomic mass is 10.0. The molecule has 2 N–H and O–H groups in total. The van der Waals surface area contributed by atoms with E-state index < -0.39 is 17.5 Å². The number of aryl methyl sites for hydroxylation is 1. The number of hydrogen-bond acceptors (Lipinski definition) is 7. The quantitative estimate of drug-likeness (QED) is 0.601. The van der Waals surface area contributed by atoms with Crippen LogP contribution in [0.1, 0.15) is 17.4 Å². The van der Waals surface area contributed by atoms with Crippen LogP contribution in [0.2, 0.25) is 0 Å². The standard InChI is InChI=1S/C23H25N3O6S/c1-5-17-7-9-20(33-17)32-22(29)25-23(3,14-30-4)21(28)24-16-6-8-18(15(2)12-16)26-10-11-31-13-19(26)27/h1,6-9,12H,10-11,13-14H2,2-4H3,(H,24,28)(H,25,29). The Morgan fingerprint density at radius 3 is 2.76 bits per heavy atom. The molecule has 1 aliphatic rings. The van der Waals surface area contributed by atoms with Crippen LogP contribution in [0.25, 0.3) is 0 Å². The van der Waals surface area contributed by atoms with Crippen molar-refractivity contribution in [3.8, 4) is 17.4 Å². The molecule has 2 heterocycles. The van der Waals surface area contributed by atoms with Crippen molar-refractivity contribution in [2.45, 2.75) is 19.4 Å². The summed E-state index contributed by atoms with van der Waals surface area (Å²) in [5.41, 5.74) is 0.664. The molecule has 0 spiro atoms. The summed E-state index contributed by atoms with van der Waals surface area (Å²) in [5.74, 6) is 1.85. The van der Waals surface area contributed by atoms with Gasteiger partial charge in [0.1, 0.15) is 12.1 Å². The van der Waals surface area contributed by atoms with Crippen LogP contribution >= 0.6 is 11.3 Å². The van der Waals surface area contributed by atoms with Crippen LogP contribution in [0.15, 0.2) is 30.3 Å². The van der Waals surface area contributed by atoms with E-state index in [1.54, 1.807) is 35.2 Å². The van der Waals surface area contributed by atoms with Crippen molar-refractivity contribution in [2.75, 3.05) is 43.7 Å². The van der Waals surface area contributed by atoms with Gasteiger partial charge in [-0.2, -0.15) is 0 Å². The maximum Gasteiger partial charge on any atom is 0.414 e. The first-order valence-corrected chi connectivity index (χ1v) is 10.9. The zero-order valence-corrected chi connectivity index (χ0v) is 19.4. The van der Waals surface area contributed by atoms with E-state index in [1.165, 1.54) is 14.0 Å². The Morgan fingerprint density at radius 2 is 2.12 bits per heavy atom. The topological polar surface area (TPSA) is 106 Å². The Morgan fingerprint density at radius 1 is 1.33 bits per heavy atom. The summed E-state index contributed by atoms with van der Waals surface area (Å²) in [6.07, 6.45) is 4.51. The van der Waals surface area contributed by atoms with Gasteiger partial charge in [-0.1, -0.05) is 17.3 Å². The van der Waals surface area contributed by atoms with E-state index in [9.17, 15) is 14.4 Å². The third kappa shape index (κ3) is 5.90. The van der Waals surface area contributed by atoms with Gasteiger partial charge in [0.2, 0.25) is 0 Å². The summed E-state index contributed by atoms with van der Waals surface area (Å²) >= 11 is 1.14. The van der Waals surface area contributed by atoms with Crippen molar-refractivity contribution in [3.63, 3.8) is 0 Å². The molecular weight excluding hydrogens is 446 g/mol. The Kier molecular flexibility index (Phi) is 7.71. The molecule has 33 heavy (non-hydrogen) atoms. The van der Waals surface area contributed by atoms with Crippen LogP contribution in [0.4, 0.5) is 16.2 Å². The molecule has 9 nitrogen and oxygen atoms in total. The molecule has 174 valence electrons. The molecule has 0 aliphatic carbocycles. The summed E-state index contributed by atoms with van der Waals surface area (Å²) in [6.45, 7) is 4.27. The van der Waals surface area contributed by atoms with Gasteiger partial charge >= 0.3 is 6.09 Å². The van der Waals surface area contributed by atoms with Crippen LogP contribution in [-0.2, 0) is 19.1 Å². The number of carbonyl (C=O) groups is 3. The van der Waals surface area contributed by atoms with E-state index >= 15 is 0 Å². The third-order valence-corrected chi connectivity index (χ3v) is 5.85. The first-order chi connectivity index (χ1) is 15.8. The number of hydrogen-bond donors (Lipinski definition) is 2. The number of amides is 3. The van der Waals surface area contributed by atoms with E-state index in [1.807, 2.05) is 6.92 Å². The second-order valence-electron chi connectivity index (χ2n) is 7.60. The third-order valence-electron chi connectivity index (χ3n) is 4.96. The number of rotatable bonds is 7. The van der Waals surface area contributed by atoms with Crippen LogP contribution in [0.3, 0.4) is 0 Å². The Hall–Kier alpha value is -3.39. The molecule has 2 aromatic rings. The SMILES string of the molecule is C#Cc1ccc(OC(=O)NC(C)(COC)C(=O)Nc2ccc(N3CCOCC3=O)c(C)c2)s1. The van der Waals surface area contributed by atoms with Crippen molar-refractivity contribution in [2.24, 2.45) is 0 Å². The molecule has 1 saturated heterocycles. The zero-order chi connectivity index (χ0) is 24.0. The van der Waals surface area contributed by atoms with E-state index in [2.05, 4.69) is 16.6 Å². The molecule has 1 aromatic carbocycles. The number of anilines is 2. The van der Waals surface area contributed by atoms with Gasteiger partial charge in [0, 0.05) is 25.0 Å². The predicted octanol–water partition coefficient (Wildman–Crippen LogP) is 2.53. The fourth-order valence-corrected chi connectivity index (χ4v) is 3.98. The lowest BCUT2D eigenvalue weighted by Crippen LogP contribution is -2.58. The maximum atomic E-state index is 13.0. The second kappa shape index (κ2) is 10.5. The highest BCUT2D eigenvalue weighted by molar-refractivity contribution is 7.14. The molecule has 1 aliphatic heterocycles. The number of thiophene rings is 1. The van der Waals surface area contributed by atoms with Gasteiger partial charge in [-0.25, -0.2) is 4.79 Å². The van der Waals surface area contributed by atoms with Gasteiger partial charge in [-0.05, 0) is 49.7 Å². The molecule has 0 radical (unpaired) electrons. The van der Waals surface area contributed by atoms with Crippen molar-refractivity contribution in [3.05, 3.63) is 40.8 Å². The number of nitrogens with zero attached hydrogens (tertiary/aromatic N) is 1. The lowest BCUT2D eigenvalue weighted by Gasteiger charge is -2.29. The van der Waals surface area contributed by atoms with Crippen LogP contribution < -0.4 is 20.3 Å². The number of morpholine rings is 1. The lowest BCUT2D eigenvalue weighted by molar-refractivity contribution is -0.125. The Labute approximate surface area is 196 Å². The summed E-state index contributed by atoms with van der Waals surface area (Å²) in [6, 6.07) is 8.46. The minimum Gasteiger partial charge on any atom is -0.399 e. The number of nitrogens with one attached hydrogen (secondary N) is 2. The van der Waals surface area contributed by atoms with Crippen LogP contribution in [-0.4, -0.2) is 56.9 Å². The molecular formula is C23H25N3O6S. The molecule has 1 unspecified atom stereocenters. The number of ether oxygens (including phenoxy) is 3. The summed E-state index contributed by atoms with van der Waals surface area (Å²) in [4.78, 5) is 39.8. The average Bonchev–Trinajstić information content (AvgIpc) is 3.22. The van der Waals surface area contributed by atoms with Crippen LogP contribution in [0, 0.1) is 19.3 Å². The molecule has 3 rings (SSSR count). The van der Waals surface area contributed by atoms with Gasteiger partial charge in [0.25, 0.3) is 11.8 Å². The van der Waals surface area contributed by atoms with Crippen molar-refractivity contribution >= 4 is 40.6 Å². The first kappa shape index (κ1) is 24.3. The van der Waals surface area contributed by atoms with Crippen molar-refractivity contribution in [1.29, 1.82) is 0 Å². The van der Waals surface area contributed by atoms with Gasteiger partial charge in [0.05, 0.1) is 18.1 Å². The van der Waals surface area contributed by atoms with Gasteiger partial charge in [-0.3, -0.25) is 9.59 Å². The fourth-order valence-electron chi connectivity index (χ4n) is 3.32. The highest BCUT2D eigenvalue weighted by atomic mass is 32.1. The number of carbonyl (C=O) groups excluding carboxylic acids is 3.